The molecule has 0 aliphatic heterocycles. The molecule has 0 radical (unpaired) electrons. The van der Waals surface area contributed by atoms with Crippen LogP contribution >= 0.6 is 7.82 Å². The van der Waals surface area contributed by atoms with E-state index >= 15 is 0 Å². The van der Waals surface area contributed by atoms with Crippen LogP contribution in [0.3, 0.4) is 0 Å². The Labute approximate surface area is 334 Å². The number of phosphoric ester groups is 1. The predicted octanol–water partition coefficient (Wildman–Crippen LogP) is 13.3. The van der Waals surface area contributed by atoms with Crippen molar-refractivity contribution in [2.24, 2.45) is 0 Å². The first-order valence-electron chi connectivity index (χ1n) is 22.3. The Hall–Kier alpha value is -1.44. The molecule has 0 aromatic rings. The molecule has 318 valence electrons. The smallest absolute Gasteiger partial charge is 0.472 e. The minimum absolute atomic E-state index is 0.0438. The Morgan fingerprint density at radius 2 is 1.06 bits per heavy atom. The molecule has 1 unspecified atom stereocenters. The standard InChI is InChI=1S/C45H86NO7P/c1-6-8-10-12-14-16-18-20-22-23-24-25-27-29-31-33-35-37-40-50-42-44(43-52-54(48,49)51-41-39-46(3,4)5)53-45(47)38-36-34-32-30-28-26-21-19-17-15-13-11-9-7-2/h13,15,19,21,37,40,44H,6-12,14,16-18,20,22-36,38-39,41-43H2,1-5H3/p+1/b15-13+,21-19+,40-37+/t44-/m1/s1. The number of carbonyl (C=O) groups is 1. The molecule has 0 bridgehead atoms. The largest absolute Gasteiger partial charge is 0.498 e. The van der Waals surface area contributed by atoms with Crippen LogP contribution < -0.4 is 0 Å². The summed E-state index contributed by atoms with van der Waals surface area (Å²) in [7, 11) is 1.63. The quantitative estimate of drug-likeness (QED) is 0.0165. The molecule has 0 aliphatic carbocycles. The maximum Gasteiger partial charge on any atom is 0.472 e. The summed E-state index contributed by atoms with van der Waals surface area (Å²) in [5, 5.41) is 0. The van der Waals surface area contributed by atoms with Crippen LogP contribution in [0.5, 0.6) is 0 Å². The number of hydrogen-bond donors (Lipinski definition) is 1. The van der Waals surface area contributed by atoms with Crippen LogP contribution in [0.4, 0.5) is 0 Å². The van der Waals surface area contributed by atoms with Crippen LogP contribution in [-0.4, -0.2) is 69.0 Å². The van der Waals surface area contributed by atoms with E-state index in [1.165, 1.54) is 116 Å². The summed E-state index contributed by atoms with van der Waals surface area (Å²) in [5.41, 5.74) is 0. The zero-order valence-electron chi connectivity index (χ0n) is 36.0. The number of likely N-dealkylation sites (N-methyl/N-ethyl adjacent to an activating group) is 1. The number of allylic oxidation sites excluding steroid dienone is 5. The molecule has 1 N–H and O–H groups in total. The maximum atomic E-state index is 12.7. The Morgan fingerprint density at radius 1 is 0.593 bits per heavy atom. The second-order valence-corrected chi connectivity index (χ2v) is 17.6. The van der Waals surface area contributed by atoms with Gasteiger partial charge in [-0.2, -0.15) is 0 Å². The molecule has 0 fully saturated rings. The molecule has 0 spiro atoms. The SMILES string of the molecule is CCCC/C=C/C/C=C/CCCCCCCC(=O)O[C@H](CO/C=C/CCCCCCCCCCCCCCCCCC)COP(=O)(O)OCC[N+](C)(C)C. The summed E-state index contributed by atoms with van der Waals surface area (Å²) < 4.78 is 34.7. The van der Waals surface area contributed by atoms with Crippen molar-refractivity contribution in [1.82, 2.24) is 0 Å². The first kappa shape index (κ1) is 52.6. The fourth-order valence-electron chi connectivity index (χ4n) is 6.01. The molecule has 0 aliphatic rings. The number of esters is 1. The van der Waals surface area contributed by atoms with Crippen molar-refractivity contribution in [1.29, 1.82) is 0 Å². The first-order valence-corrected chi connectivity index (χ1v) is 23.8. The minimum atomic E-state index is -4.29. The molecule has 0 saturated heterocycles. The Morgan fingerprint density at radius 3 is 1.57 bits per heavy atom. The highest BCUT2D eigenvalue weighted by Gasteiger charge is 2.26. The van der Waals surface area contributed by atoms with Crippen LogP contribution in [0.1, 0.15) is 194 Å². The number of rotatable bonds is 41. The number of quaternary nitrogens is 1. The third-order valence-corrected chi connectivity index (χ3v) is 10.5. The lowest BCUT2D eigenvalue weighted by Gasteiger charge is -2.24. The second kappa shape index (κ2) is 38.4. The molecule has 9 heteroatoms. The molecule has 0 saturated carbocycles. The van der Waals surface area contributed by atoms with Gasteiger partial charge < -0.3 is 18.9 Å². The average molecular weight is 785 g/mol. The van der Waals surface area contributed by atoms with Gasteiger partial charge in [-0.3, -0.25) is 13.8 Å². The summed E-state index contributed by atoms with van der Waals surface area (Å²) in [6.07, 6.45) is 45.6. The van der Waals surface area contributed by atoms with Gasteiger partial charge in [0.05, 0.1) is 34.0 Å². The topological polar surface area (TPSA) is 91.3 Å². The van der Waals surface area contributed by atoms with Gasteiger partial charge in [0.15, 0.2) is 6.10 Å². The number of hydrogen-bond acceptors (Lipinski definition) is 6. The van der Waals surface area contributed by atoms with Gasteiger partial charge in [-0.05, 0) is 51.0 Å². The molecule has 0 aromatic carbocycles. The third-order valence-electron chi connectivity index (χ3n) is 9.52. The normalized spacial score (nSPS) is 14.0. The van der Waals surface area contributed by atoms with E-state index in [0.29, 0.717) is 17.4 Å². The van der Waals surface area contributed by atoms with E-state index in [-0.39, 0.29) is 25.8 Å². The van der Waals surface area contributed by atoms with Crippen LogP contribution in [0, 0.1) is 0 Å². The van der Waals surface area contributed by atoms with Crippen LogP contribution in [0.25, 0.3) is 0 Å². The number of phosphoric acid groups is 1. The Bertz CT molecular complexity index is 962. The molecule has 8 nitrogen and oxygen atoms in total. The molecule has 0 amide bonds. The first-order chi connectivity index (χ1) is 26.1. The second-order valence-electron chi connectivity index (χ2n) is 16.1. The number of nitrogens with zero attached hydrogens (tertiary/aromatic N) is 1. The number of ether oxygens (including phenoxy) is 2. The van der Waals surface area contributed by atoms with Gasteiger partial charge in [-0.25, -0.2) is 4.57 Å². The van der Waals surface area contributed by atoms with Crippen molar-refractivity contribution in [2.45, 2.75) is 200 Å². The minimum Gasteiger partial charge on any atom is -0.498 e. The van der Waals surface area contributed by atoms with E-state index in [1.54, 1.807) is 6.26 Å². The van der Waals surface area contributed by atoms with Crippen molar-refractivity contribution in [3.05, 3.63) is 36.6 Å². The predicted molar refractivity (Wildman–Crippen MR) is 229 cm³/mol. The van der Waals surface area contributed by atoms with Gasteiger partial charge in [0.1, 0.15) is 19.8 Å². The zero-order chi connectivity index (χ0) is 39.9. The summed E-state index contributed by atoms with van der Waals surface area (Å²) in [4.78, 5) is 22.8. The summed E-state index contributed by atoms with van der Waals surface area (Å²) >= 11 is 0. The zero-order valence-corrected chi connectivity index (χ0v) is 36.9. The lowest BCUT2D eigenvalue weighted by Crippen LogP contribution is -2.37. The van der Waals surface area contributed by atoms with E-state index < -0.39 is 13.9 Å². The lowest BCUT2D eigenvalue weighted by molar-refractivity contribution is -0.870. The highest BCUT2D eigenvalue weighted by molar-refractivity contribution is 7.47. The molecule has 0 heterocycles. The molecular weight excluding hydrogens is 697 g/mol. The van der Waals surface area contributed by atoms with Crippen molar-refractivity contribution in [3.8, 4) is 0 Å². The van der Waals surface area contributed by atoms with E-state index in [0.717, 1.165) is 57.8 Å². The van der Waals surface area contributed by atoms with Crippen LogP contribution in [0.2, 0.25) is 0 Å². The summed E-state index contributed by atoms with van der Waals surface area (Å²) in [6, 6.07) is 0. The monoisotopic (exact) mass is 785 g/mol. The van der Waals surface area contributed by atoms with Gasteiger partial charge >= 0.3 is 13.8 Å². The Kier molecular flexibility index (Phi) is 37.4. The van der Waals surface area contributed by atoms with Gasteiger partial charge in [0.25, 0.3) is 0 Å². The third kappa shape index (κ3) is 41.7. The molecule has 0 rings (SSSR count). The van der Waals surface area contributed by atoms with Crippen molar-refractivity contribution < 1.29 is 37.3 Å². The molecular formula is C45H87NO7P+. The van der Waals surface area contributed by atoms with E-state index in [4.69, 9.17) is 18.5 Å². The fraction of sp³-hybridized carbons (Fsp3) is 0.844. The van der Waals surface area contributed by atoms with Crippen LogP contribution in [0.15, 0.2) is 36.6 Å². The fourth-order valence-corrected chi connectivity index (χ4v) is 6.75. The summed E-state index contributed by atoms with van der Waals surface area (Å²) in [6.45, 7) is 4.89. The lowest BCUT2D eigenvalue weighted by atomic mass is 10.0. The molecule has 54 heavy (non-hydrogen) atoms. The number of carbonyl (C=O) groups excluding carboxylic acids is 1. The van der Waals surface area contributed by atoms with Crippen molar-refractivity contribution >= 4 is 13.8 Å². The summed E-state index contributed by atoms with van der Waals surface area (Å²) in [5.74, 6) is -0.349. The van der Waals surface area contributed by atoms with Gasteiger partial charge in [0, 0.05) is 6.42 Å². The van der Waals surface area contributed by atoms with Gasteiger partial charge in [-0.1, -0.05) is 167 Å². The van der Waals surface area contributed by atoms with E-state index in [2.05, 4.69) is 38.2 Å². The van der Waals surface area contributed by atoms with Crippen LogP contribution in [-0.2, 0) is 27.9 Å². The molecule has 2 atom stereocenters. The Balaban J connectivity index is 4.27. The highest BCUT2D eigenvalue weighted by Crippen LogP contribution is 2.43. The van der Waals surface area contributed by atoms with Gasteiger partial charge in [-0.15, -0.1) is 0 Å². The van der Waals surface area contributed by atoms with Crippen molar-refractivity contribution in [2.75, 3.05) is 47.5 Å². The maximum absolute atomic E-state index is 12.7. The van der Waals surface area contributed by atoms with E-state index in [1.807, 2.05) is 27.2 Å². The molecule has 0 aromatic heterocycles. The van der Waals surface area contributed by atoms with E-state index in [9.17, 15) is 14.3 Å². The van der Waals surface area contributed by atoms with Gasteiger partial charge in [0.2, 0.25) is 0 Å². The highest BCUT2D eigenvalue weighted by atomic mass is 31.2. The number of unbranched alkanes of at least 4 members (excludes halogenated alkanes) is 23. The average Bonchev–Trinajstić information content (AvgIpc) is 3.12. The van der Waals surface area contributed by atoms with Crippen molar-refractivity contribution in [3.63, 3.8) is 0 Å².